The zero-order chi connectivity index (χ0) is 17.3. The van der Waals surface area contributed by atoms with Gasteiger partial charge in [0.05, 0.1) is 16.0 Å². The van der Waals surface area contributed by atoms with E-state index in [1.165, 1.54) is 31.7 Å². The van der Waals surface area contributed by atoms with Crippen LogP contribution in [0.4, 0.5) is 0 Å². The van der Waals surface area contributed by atoms with Crippen molar-refractivity contribution >= 4 is 21.8 Å². The topological polar surface area (TPSA) is 83.6 Å². The molecule has 1 aromatic rings. The smallest absolute Gasteiger partial charge is 0.261 e. The Kier molecular flexibility index (Phi) is 4.73. The van der Waals surface area contributed by atoms with Gasteiger partial charge in [-0.1, -0.05) is 32.1 Å². The molecule has 0 saturated heterocycles. The van der Waals surface area contributed by atoms with Crippen molar-refractivity contribution < 1.29 is 18.0 Å². The number of carbonyl (C=O) groups is 2. The molecule has 130 valence electrons. The molecule has 24 heavy (non-hydrogen) atoms. The van der Waals surface area contributed by atoms with Crippen LogP contribution in [0.25, 0.3) is 0 Å². The molecule has 1 saturated carbocycles. The molecule has 1 heterocycles. The maximum Gasteiger partial charge on any atom is 0.261 e. The summed E-state index contributed by atoms with van der Waals surface area (Å²) < 4.78 is 28.1. The lowest BCUT2D eigenvalue weighted by atomic mass is 9.97. The Balaban J connectivity index is 1.83. The van der Waals surface area contributed by atoms with Crippen molar-refractivity contribution in [2.24, 2.45) is 0 Å². The highest BCUT2D eigenvalue weighted by Gasteiger charge is 2.34. The SMILES string of the molecule is CN1C(=O)c2ccc(S(=O)(=O)NC3CCCCCCC3)cc2C1=O. The van der Waals surface area contributed by atoms with Crippen molar-refractivity contribution in [1.29, 1.82) is 0 Å². The largest absolute Gasteiger partial charge is 0.277 e. The Bertz CT molecular complexity index is 765. The first-order chi connectivity index (χ1) is 11.4. The minimum atomic E-state index is -3.70. The number of fused-ring (bicyclic) bond motifs is 1. The third kappa shape index (κ3) is 3.23. The Morgan fingerprint density at radius 3 is 2.21 bits per heavy atom. The molecule has 0 bridgehead atoms. The molecule has 1 aliphatic carbocycles. The van der Waals surface area contributed by atoms with E-state index in [0.29, 0.717) is 0 Å². The van der Waals surface area contributed by atoms with E-state index in [2.05, 4.69) is 4.72 Å². The Hall–Kier alpha value is -1.73. The van der Waals surface area contributed by atoms with Gasteiger partial charge < -0.3 is 0 Å². The second-order valence-corrected chi connectivity index (χ2v) is 8.25. The molecule has 2 aliphatic rings. The van der Waals surface area contributed by atoms with Crippen LogP contribution in [-0.4, -0.2) is 38.2 Å². The quantitative estimate of drug-likeness (QED) is 0.848. The van der Waals surface area contributed by atoms with E-state index >= 15 is 0 Å². The predicted octanol–water partition coefficient (Wildman–Crippen LogP) is 2.30. The van der Waals surface area contributed by atoms with Gasteiger partial charge in [-0.15, -0.1) is 0 Å². The fourth-order valence-electron chi connectivity index (χ4n) is 3.37. The van der Waals surface area contributed by atoms with Gasteiger partial charge in [0.15, 0.2) is 0 Å². The van der Waals surface area contributed by atoms with Crippen LogP contribution >= 0.6 is 0 Å². The fourth-order valence-corrected chi connectivity index (χ4v) is 4.70. The van der Waals surface area contributed by atoms with E-state index in [1.807, 2.05) is 0 Å². The van der Waals surface area contributed by atoms with Gasteiger partial charge in [0.1, 0.15) is 0 Å². The predicted molar refractivity (Wildman–Crippen MR) is 89.3 cm³/mol. The van der Waals surface area contributed by atoms with E-state index in [-0.39, 0.29) is 22.1 Å². The highest BCUT2D eigenvalue weighted by Crippen LogP contribution is 2.25. The van der Waals surface area contributed by atoms with Crippen LogP contribution in [0.15, 0.2) is 23.1 Å². The number of hydrogen-bond donors (Lipinski definition) is 1. The van der Waals surface area contributed by atoms with Crippen LogP contribution in [0.1, 0.15) is 65.7 Å². The summed E-state index contributed by atoms with van der Waals surface area (Å²) in [6.45, 7) is 0. The van der Waals surface area contributed by atoms with Gasteiger partial charge in [0, 0.05) is 13.1 Å². The van der Waals surface area contributed by atoms with E-state index in [9.17, 15) is 18.0 Å². The molecule has 6 nitrogen and oxygen atoms in total. The minimum Gasteiger partial charge on any atom is -0.277 e. The van der Waals surface area contributed by atoms with Crippen molar-refractivity contribution in [2.75, 3.05) is 7.05 Å². The lowest BCUT2D eigenvalue weighted by molar-refractivity contribution is 0.0693. The standard InChI is InChI=1S/C17H22N2O4S/c1-19-16(20)14-10-9-13(11-15(14)17(19)21)24(22,23)18-12-7-5-3-2-4-6-8-12/h9-12,18H,2-8H2,1H3. The molecule has 0 spiro atoms. The van der Waals surface area contributed by atoms with E-state index in [0.717, 1.165) is 43.4 Å². The van der Waals surface area contributed by atoms with E-state index < -0.39 is 21.8 Å². The summed E-state index contributed by atoms with van der Waals surface area (Å²) in [7, 11) is -2.31. The number of imide groups is 1. The first kappa shape index (κ1) is 17.1. The number of carbonyl (C=O) groups excluding carboxylic acids is 2. The molecule has 0 unspecified atom stereocenters. The lowest BCUT2D eigenvalue weighted by Crippen LogP contribution is -2.35. The molecule has 1 N–H and O–H groups in total. The van der Waals surface area contributed by atoms with E-state index in [4.69, 9.17) is 0 Å². The summed E-state index contributed by atoms with van der Waals surface area (Å²) in [6.07, 6.45) is 7.22. The van der Waals surface area contributed by atoms with Crippen molar-refractivity contribution in [3.63, 3.8) is 0 Å². The molecule has 7 heteroatoms. The van der Waals surface area contributed by atoms with Crippen LogP contribution < -0.4 is 4.72 Å². The Labute approximate surface area is 142 Å². The zero-order valence-electron chi connectivity index (χ0n) is 13.7. The van der Waals surface area contributed by atoms with Gasteiger partial charge >= 0.3 is 0 Å². The molecule has 2 amide bonds. The number of amides is 2. The van der Waals surface area contributed by atoms with Gasteiger partial charge in [0.2, 0.25) is 10.0 Å². The van der Waals surface area contributed by atoms with Gasteiger partial charge in [-0.3, -0.25) is 14.5 Å². The highest BCUT2D eigenvalue weighted by molar-refractivity contribution is 7.89. The Morgan fingerprint density at radius 1 is 0.958 bits per heavy atom. The number of hydrogen-bond acceptors (Lipinski definition) is 4. The normalized spacial score (nSPS) is 20.0. The summed E-state index contributed by atoms with van der Waals surface area (Å²) in [6, 6.07) is 4.06. The number of benzene rings is 1. The van der Waals surface area contributed by atoms with Gasteiger partial charge in [-0.25, -0.2) is 13.1 Å². The van der Waals surface area contributed by atoms with Crippen molar-refractivity contribution in [1.82, 2.24) is 9.62 Å². The molecule has 0 aromatic heterocycles. The average Bonchev–Trinajstić information content (AvgIpc) is 2.74. The van der Waals surface area contributed by atoms with Crippen LogP contribution in [0.2, 0.25) is 0 Å². The fraction of sp³-hybridized carbons (Fsp3) is 0.529. The molecule has 1 aromatic carbocycles. The number of nitrogens with zero attached hydrogens (tertiary/aromatic N) is 1. The van der Waals surface area contributed by atoms with E-state index in [1.54, 1.807) is 0 Å². The number of nitrogens with one attached hydrogen (secondary N) is 1. The van der Waals surface area contributed by atoms with Crippen LogP contribution in [0.5, 0.6) is 0 Å². The summed E-state index contributed by atoms with van der Waals surface area (Å²) in [5.41, 5.74) is 0.412. The maximum atomic E-state index is 12.6. The first-order valence-electron chi connectivity index (χ1n) is 8.39. The molecule has 1 aliphatic heterocycles. The number of sulfonamides is 1. The molecule has 0 radical (unpaired) electrons. The summed E-state index contributed by atoms with van der Waals surface area (Å²) in [5.74, 6) is -0.857. The van der Waals surface area contributed by atoms with Crippen molar-refractivity contribution in [3.8, 4) is 0 Å². The minimum absolute atomic E-state index is 0.0414. The average molecular weight is 350 g/mol. The molecule has 0 atom stereocenters. The third-order valence-electron chi connectivity index (χ3n) is 4.80. The summed E-state index contributed by atoms with van der Waals surface area (Å²) in [5, 5.41) is 0. The highest BCUT2D eigenvalue weighted by atomic mass is 32.2. The second-order valence-electron chi connectivity index (χ2n) is 6.54. The monoisotopic (exact) mass is 350 g/mol. The van der Waals surface area contributed by atoms with Gasteiger partial charge in [-0.05, 0) is 31.0 Å². The second kappa shape index (κ2) is 6.64. The van der Waals surface area contributed by atoms with Crippen molar-refractivity contribution in [2.45, 2.75) is 55.9 Å². The lowest BCUT2D eigenvalue weighted by Gasteiger charge is -2.21. The van der Waals surface area contributed by atoms with Gasteiger partial charge in [-0.2, -0.15) is 0 Å². The van der Waals surface area contributed by atoms with Gasteiger partial charge in [0.25, 0.3) is 11.8 Å². The molecule has 3 rings (SSSR count). The maximum absolute atomic E-state index is 12.6. The summed E-state index contributed by atoms with van der Waals surface area (Å²) in [4.78, 5) is 25.0. The first-order valence-corrected chi connectivity index (χ1v) is 9.87. The van der Waals surface area contributed by atoms with Crippen LogP contribution in [0.3, 0.4) is 0 Å². The Morgan fingerprint density at radius 2 is 1.54 bits per heavy atom. The molecule has 1 fully saturated rings. The van der Waals surface area contributed by atoms with Crippen molar-refractivity contribution in [3.05, 3.63) is 29.3 Å². The number of rotatable bonds is 3. The van der Waals surface area contributed by atoms with Crippen LogP contribution in [0, 0.1) is 0 Å². The summed E-state index contributed by atoms with van der Waals surface area (Å²) >= 11 is 0. The van der Waals surface area contributed by atoms with Crippen LogP contribution in [-0.2, 0) is 10.0 Å². The third-order valence-corrected chi connectivity index (χ3v) is 6.32. The zero-order valence-corrected chi connectivity index (χ0v) is 14.6. The molecular weight excluding hydrogens is 328 g/mol. The molecular formula is C17H22N2O4S.